The van der Waals surface area contributed by atoms with Gasteiger partial charge >= 0.3 is 0 Å². The maximum atomic E-state index is 6.60. The van der Waals surface area contributed by atoms with Crippen molar-refractivity contribution < 1.29 is 4.42 Å². The number of rotatable bonds is 4. The summed E-state index contributed by atoms with van der Waals surface area (Å²) in [5.74, 6) is 1.64. The van der Waals surface area contributed by atoms with Crippen LogP contribution in [0.3, 0.4) is 0 Å². The summed E-state index contributed by atoms with van der Waals surface area (Å²) in [6.07, 6.45) is 0. The van der Waals surface area contributed by atoms with Gasteiger partial charge in [-0.05, 0) is 68.8 Å². The molecule has 8 aromatic rings. The number of fused-ring (bicyclic) bond motifs is 8. The largest absolute Gasteiger partial charge is 0.456 e. The summed E-state index contributed by atoms with van der Waals surface area (Å²) in [5, 5.41) is 7.14. The number of furan rings is 1. The molecule has 0 unspecified atom stereocenters. The maximum Gasteiger partial charge on any atom is 0.145 e. The van der Waals surface area contributed by atoms with Crippen LogP contribution in [-0.4, -0.2) is 9.55 Å². The number of aromatic nitrogens is 2. The monoisotopic (exact) mass is 544 g/mol. The minimum atomic E-state index is 0.343. The highest BCUT2D eigenvalue weighted by molar-refractivity contribution is 6.22. The van der Waals surface area contributed by atoms with Crippen molar-refractivity contribution in [3.05, 3.63) is 120 Å². The van der Waals surface area contributed by atoms with E-state index in [0.29, 0.717) is 11.8 Å². The third-order valence-corrected chi connectivity index (χ3v) is 8.71. The van der Waals surface area contributed by atoms with Gasteiger partial charge in [0.2, 0.25) is 0 Å². The summed E-state index contributed by atoms with van der Waals surface area (Å²) in [4.78, 5) is 5.33. The van der Waals surface area contributed by atoms with E-state index in [1.807, 2.05) is 0 Å². The van der Waals surface area contributed by atoms with Gasteiger partial charge in [-0.3, -0.25) is 4.57 Å². The van der Waals surface area contributed by atoms with E-state index in [-0.39, 0.29) is 0 Å². The summed E-state index contributed by atoms with van der Waals surface area (Å²) in [6.45, 7) is 9.13. The summed E-state index contributed by atoms with van der Waals surface area (Å²) < 4.78 is 9.03. The lowest BCUT2D eigenvalue weighted by Crippen LogP contribution is -2.08. The average Bonchev–Trinajstić information content (AvgIpc) is 3.57. The van der Waals surface area contributed by atoms with E-state index in [1.165, 1.54) is 38.4 Å². The number of para-hydroxylation sites is 1. The lowest BCUT2D eigenvalue weighted by Gasteiger charge is -2.22. The first-order chi connectivity index (χ1) is 20.5. The zero-order valence-corrected chi connectivity index (χ0v) is 24.3. The van der Waals surface area contributed by atoms with E-state index in [9.17, 15) is 0 Å². The molecule has 0 bridgehead atoms. The van der Waals surface area contributed by atoms with Crippen LogP contribution in [-0.2, 0) is 0 Å². The fourth-order valence-corrected chi connectivity index (χ4v) is 6.69. The van der Waals surface area contributed by atoms with Crippen molar-refractivity contribution in [2.24, 2.45) is 0 Å². The van der Waals surface area contributed by atoms with Crippen LogP contribution in [0, 0.1) is 0 Å². The molecule has 2 heterocycles. The van der Waals surface area contributed by atoms with Crippen molar-refractivity contribution in [1.82, 2.24) is 9.55 Å². The van der Waals surface area contributed by atoms with Crippen LogP contribution >= 0.6 is 0 Å². The molecule has 0 atom stereocenters. The molecular weight excluding hydrogens is 512 g/mol. The second kappa shape index (κ2) is 9.32. The van der Waals surface area contributed by atoms with Crippen LogP contribution in [0.2, 0.25) is 0 Å². The van der Waals surface area contributed by atoms with Crippen molar-refractivity contribution in [1.29, 1.82) is 0 Å². The zero-order chi connectivity index (χ0) is 28.5. The normalized spacial score (nSPS) is 12.2. The van der Waals surface area contributed by atoms with Gasteiger partial charge < -0.3 is 4.42 Å². The minimum absolute atomic E-state index is 0.343. The summed E-state index contributed by atoms with van der Waals surface area (Å²) >= 11 is 0. The van der Waals surface area contributed by atoms with Gasteiger partial charge in [-0.2, -0.15) is 0 Å². The number of benzene rings is 6. The first-order valence-electron chi connectivity index (χ1n) is 14.9. The van der Waals surface area contributed by atoms with Crippen LogP contribution in [0.25, 0.3) is 71.6 Å². The maximum absolute atomic E-state index is 6.60. The highest BCUT2D eigenvalue weighted by Crippen LogP contribution is 2.43. The molecule has 6 aromatic carbocycles. The van der Waals surface area contributed by atoms with E-state index in [0.717, 1.165) is 44.4 Å². The van der Waals surface area contributed by atoms with Crippen molar-refractivity contribution in [2.75, 3.05) is 0 Å². The van der Waals surface area contributed by atoms with Gasteiger partial charge in [0.15, 0.2) is 0 Å². The molecule has 0 aliphatic rings. The first kappa shape index (κ1) is 24.9. The molecule has 0 amide bonds. The number of nitrogens with zero attached hydrogens (tertiary/aromatic N) is 2. The third-order valence-electron chi connectivity index (χ3n) is 8.71. The Bertz CT molecular complexity index is 2280. The molecule has 0 spiro atoms. The van der Waals surface area contributed by atoms with E-state index in [4.69, 9.17) is 9.40 Å². The smallest absolute Gasteiger partial charge is 0.145 e. The molecule has 0 aliphatic heterocycles. The topological polar surface area (TPSA) is 31.0 Å². The van der Waals surface area contributed by atoms with E-state index >= 15 is 0 Å². The second-order valence-electron chi connectivity index (χ2n) is 12.0. The van der Waals surface area contributed by atoms with E-state index in [1.54, 1.807) is 0 Å². The average molecular weight is 545 g/mol. The number of imidazole rings is 1. The molecule has 0 radical (unpaired) electrons. The molecule has 0 N–H and O–H groups in total. The van der Waals surface area contributed by atoms with Crippen LogP contribution in [0.1, 0.15) is 50.7 Å². The Morgan fingerprint density at radius 1 is 0.595 bits per heavy atom. The second-order valence-corrected chi connectivity index (χ2v) is 12.0. The molecule has 204 valence electrons. The molecule has 2 aromatic heterocycles. The Hall–Kier alpha value is -4.89. The van der Waals surface area contributed by atoms with E-state index in [2.05, 4.69) is 141 Å². The number of hydrogen-bond acceptors (Lipinski definition) is 2. The SMILES string of the molecule is CC(C)c1cccc(C(C)C)c1-n1c(-c2ccccc2)nc2ccc3oc4cc5ccc6ccccc6c5cc4c3c21. The fraction of sp³-hybridized carbons (Fsp3) is 0.154. The van der Waals surface area contributed by atoms with Gasteiger partial charge in [0, 0.05) is 10.9 Å². The predicted octanol–water partition coefficient (Wildman–Crippen LogP) is 11.1. The highest BCUT2D eigenvalue weighted by Gasteiger charge is 2.25. The van der Waals surface area contributed by atoms with Crippen LogP contribution in [0.4, 0.5) is 0 Å². The summed E-state index contributed by atoms with van der Waals surface area (Å²) in [5.41, 5.74) is 8.81. The lowest BCUT2D eigenvalue weighted by atomic mass is 9.92. The Morgan fingerprint density at radius 2 is 1.31 bits per heavy atom. The Morgan fingerprint density at radius 3 is 2.07 bits per heavy atom. The lowest BCUT2D eigenvalue weighted by molar-refractivity contribution is 0.669. The molecule has 3 nitrogen and oxygen atoms in total. The summed E-state index contributed by atoms with van der Waals surface area (Å²) in [7, 11) is 0. The van der Waals surface area contributed by atoms with Gasteiger partial charge in [-0.15, -0.1) is 0 Å². The predicted molar refractivity (Wildman–Crippen MR) is 177 cm³/mol. The Kier molecular flexibility index (Phi) is 5.52. The van der Waals surface area contributed by atoms with E-state index < -0.39 is 0 Å². The van der Waals surface area contributed by atoms with Crippen LogP contribution in [0.15, 0.2) is 114 Å². The van der Waals surface area contributed by atoms with Crippen molar-refractivity contribution in [2.45, 2.75) is 39.5 Å². The zero-order valence-electron chi connectivity index (χ0n) is 24.3. The van der Waals surface area contributed by atoms with Gasteiger partial charge in [0.05, 0.1) is 22.1 Å². The van der Waals surface area contributed by atoms with Crippen molar-refractivity contribution >= 4 is 54.5 Å². The molecule has 3 heteroatoms. The quantitative estimate of drug-likeness (QED) is 0.206. The first-order valence-corrected chi connectivity index (χ1v) is 14.9. The Labute approximate surface area is 245 Å². The Balaban J connectivity index is 1.59. The highest BCUT2D eigenvalue weighted by atomic mass is 16.3. The molecular formula is C39H32N2O. The fourth-order valence-electron chi connectivity index (χ4n) is 6.69. The van der Waals surface area contributed by atoms with Gasteiger partial charge in [0.1, 0.15) is 17.0 Å². The van der Waals surface area contributed by atoms with Crippen molar-refractivity contribution in [3.8, 4) is 17.1 Å². The molecule has 0 aliphatic carbocycles. The van der Waals surface area contributed by atoms with Crippen LogP contribution in [0.5, 0.6) is 0 Å². The molecule has 0 fully saturated rings. The van der Waals surface area contributed by atoms with Crippen LogP contribution < -0.4 is 0 Å². The number of hydrogen-bond donors (Lipinski definition) is 0. The van der Waals surface area contributed by atoms with Crippen molar-refractivity contribution in [3.63, 3.8) is 0 Å². The molecule has 0 saturated carbocycles. The molecule has 0 saturated heterocycles. The minimum Gasteiger partial charge on any atom is -0.456 e. The summed E-state index contributed by atoms with van der Waals surface area (Å²) in [6, 6.07) is 39.1. The molecule has 42 heavy (non-hydrogen) atoms. The third kappa shape index (κ3) is 3.63. The standard InChI is InChI=1S/C39H32N2O/c1-23(2)28-15-10-16-29(24(3)4)37(28)41-38-33(40-39(41)26-12-6-5-7-13-26)19-20-34-36(38)32-22-31-27(21-35(32)42-34)18-17-25-11-8-9-14-30(25)31/h5-24H,1-4H3. The van der Waals surface area contributed by atoms with Gasteiger partial charge in [0.25, 0.3) is 0 Å². The van der Waals surface area contributed by atoms with Gasteiger partial charge in [-0.25, -0.2) is 4.98 Å². The molecule has 8 rings (SSSR count). The van der Waals surface area contributed by atoms with Gasteiger partial charge in [-0.1, -0.05) is 113 Å².